The van der Waals surface area contributed by atoms with Gasteiger partial charge in [0.15, 0.2) is 0 Å². The van der Waals surface area contributed by atoms with Crippen molar-refractivity contribution >= 4 is 41.0 Å². The van der Waals surface area contributed by atoms with Crippen LogP contribution < -0.4 is 0 Å². The summed E-state index contributed by atoms with van der Waals surface area (Å²) >= 11 is 12.5. The van der Waals surface area contributed by atoms with Crippen LogP contribution in [0.15, 0.2) is 30.0 Å². The number of allylic oxidation sites excluding steroid dienone is 1. The van der Waals surface area contributed by atoms with Crippen molar-refractivity contribution in [3.8, 4) is 0 Å². The summed E-state index contributed by atoms with van der Waals surface area (Å²) in [7, 11) is 0. The maximum absolute atomic E-state index is 13.7. The van der Waals surface area contributed by atoms with Crippen molar-refractivity contribution in [3.63, 3.8) is 0 Å². The summed E-state index contributed by atoms with van der Waals surface area (Å²) in [5.41, 5.74) is 0.509. The van der Waals surface area contributed by atoms with Crippen LogP contribution in [0.1, 0.15) is 57.4 Å². The summed E-state index contributed by atoms with van der Waals surface area (Å²) in [6, 6.07) is 5.18. The highest BCUT2D eigenvalue weighted by atomic mass is 35.5. The number of benzene rings is 1. The maximum Gasteiger partial charge on any atom is 0.318 e. The van der Waals surface area contributed by atoms with Crippen LogP contribution in [0.3, 0.4) is 0 Å². The predicted molar refractivity (Wildman–Crippen MR) is 127 cm³/mol. The Morgan fingerprint density at radius 2 is 1.94 bits per heavy atom. The Labute approximate surface area is 204 Å². The fraction of sp³-hybridized carbons (Fsp3) is 0.560. The van der Waals surface area contributed by atoms with E-state index in [0.717, 1.165) is 44.3 Å². The zero-order chi connectivity index (χ0) is 23.6. The average Bonchev–Trinajstić information content (AvgIpc) is 3.33. The molecule has 0 unspecified atom stereocenters. The van der Waals surface area contributed by atoms with E-state index >= 15 is 0 Å². The highest BCUT2D eigenvalue weighted by molar-refractivity contribution is 6.35. The molecular weight excluding hydrogens is 463 g/mol. The molecule has 2 amide bonds. The van der Waals surface area contributed by atoms with Crippen LogP contribution in [0.2, 0.25) is 10.0 Å². The van der Waals surface area contributed by atoms with Gasteiger partial charge in [-0.3, -0.25) is 14.4 Å². The lowest BCUT2D eigenvalue weighted by atomic mass is 9.66. The minimum atomic E-state index is -0.920. The molecule has 2 atom stereocenters. The zero-order valence-corrected chi connectivity index (χ0v) is 20.5. The highest BCUT2D eigenvalue weighted by Crippen LogP contribution is 2.50. The van der Waals surface area contributed by atoms with E-state index in [1.165, 1.54) is 0 Å². The molecular formula is C25H30Cl2N2O4. The molecule has 2 heterocycles. The highest BCUT2D eigenvalue weighted by Gasteiger charge is 2.54. The number of fused-ring (bicyclic) bond motifs is 1. The predicted octanol–water partition coefficient (Wildman–Crippen LogP) is 4.97. The van der Waals surface area contributed by atoms with Crippen molar-refractivity contribution in [1.29, 1.82) is 0 Å². The van der Waals surface area contributed by atoms with Crippen molar-refractivity contribution in [1.82, 2.24) is 9.80 Å². The number of rotatable bonds is 6. The first kappa shape index (κ1) is 24.1. The lowest BCUT2D eigenvalue weighted by Crippen LogP contribution is -2.54. The van der Waals surface area contributed by atoms with Crippen molar-refractivity contribution in [2.75, 3.05) is 19.7 Å². The number of ether oxygens (including phenoxy) is 1. The number of hydrogen-bond acceptors (Lipinski definition) is 4. The molecule has 2 saturated heterocycles. The van der Waals surface area contributed by atoms with Gasteiger partial charge in [-0.1, -0.05) is 35.3 Å². The number of esters is 1. The standard InChI is InChI=1S/C25H30Cl2N2O4/c1-2-33-24(32)25-10-4-3-7-21(25)29(16-17-8-9-19(26)14-20(17)27)23(31)18(15-25)13-22(30)28-11-5-6-12-28/h7-9,14,18H,2-6,10-13,15-16H2,1H3/t18-,25+/m1/s1. The lowest BCUT2D eigenvalue weighted by Gasteiger charge is -2.48. The summed E-state index contributed by atoms with van der Waals surface area (Å²) in [6.07, 6.45) is 6.60. The lowest BCUT2D eigenvalue weighted by molar-refractivity contribution is -0.163. The SMILES string of the molecule is CCOC(=O)[C@]12CCCC=C1N(Cc1ccc(Cl)cc1Cl)C(=O)[C@H](CC(=O)N1CCCC1)C2. The van der Waals surface area contributed by atoms with E-state index in [2.05, 4.69) is 0 Å². The minimum absolute atomic E-state index is 0.0161. The van der Waals surface area contributed by atoms with E-state index < -0.39 is 11.3 Å². The molecule has 2 fully saturated rings. The molecule has 6 nitrogen and oxygen atoms in total. The third-order valence-corrected chi connectivity index (χ3v) is 7.61. The summed E-state index contributed by atoms with van der Waals surface area (Å²) in [5, 5.41) is 0.976. The van der Waals surface area contributed by atoms with Crippen LogP contribution in [0, 0.1) is 11.3 Å². The molecule has 1 aromatic carbocycles. The second kappa shape index (κ2) is 10.1. The summed E-state index contributed by atoms with van der Waals surface area (Å²) in [6.45, 7) is 3.74. The Kier molecular flexibility index (Phi) is 7.34. The second-order valence-corrected chi connectivity index (χ2v) is 9.98. The van der Waals surface area contributed by atoms with Crippen LogP contribution in [-0.2, 0) is 25.7 Å². The first-order valence-corrected chi connectivity index (χ1v) is 12.5. The van der Waals surface area contributed by atoms with Gasteiger partial charge in [-0.2, -0.15) is 0 Å². The molecule has 8 heteroatoms. The molecule has 33 heavy (non-hydrogen) atoms. The molecule has 2 aliphatic heterocycles. The molecule has 0 N–H and O–H groups in total. The number of piperidine rings is 1. The Morgan fingerprint density at radius 3 is 2.64 bits per heavy atom. The van der Waals surface area contributed by atoms with E-state index in [-0.39, 0.29) is 37.4 Å². The topological polar surface area (TPSA) is 66.9 Å². The van der Waals surface area contributed by atoms with Crippen molar-refractivity contribution in [2.24, 2.45) is 11.3 Å². The average molecular weight is 493 g/mol. The van der Waals surface area contributed by atoms with Gasteiger partial charge >= 0.3 is 5.97 Å². The number of nitrogens with zero attached hydrogens (tertiary/aromatic N) is 2. The molecule has 0 bridgehead atoms. The Hall–Kier alpha value is -2.05. The first-order valence-electron chi connectivity index (χ1n) is 11.8. The third-order valence-electron chi connectivity index (χ3n) is 7.03. The van der Waals surface area contributed by atoms with E-state index in [9.17, 15) is 14.4 Å². The monoisotopic (exact) mass is 492 g/mol. The molecule has 0 radical (unpaired) electrons. The van der Waals surface area contributed by atoms with Crippen molar-refractivity contribution < 1.29 is 19.1 Å². The minimum Gasteiger partial charge on any atom is -0.465 e. The number of likely N-dealkylation sites (tertiary alicyclic amines) is 2. The van der Waals surface area contributed by atoms with Crippen LogP contribution in [-0.4, -0.2) is 47.3 Å². The largest absolute Gasteiger partial charge is 0.465 e. The fourth-order valence-electron chi connectivity index (χ4n) is 5.40. The number of amides is 2. The molecule has 1 aliphatic carbocycles. The molecule has 3 aliphatic rings. The number of hydrogen-bond donors (Lipinski definition) is 0. The van der Waals surface area contributed by atoms with Crippen LogP contribution in [0.25, 0.3) is 0 Å². The zero-order valence-electron chi connectivity index (χ0n) is 18.9. The molecule has 0 aromatic heterocycles. The van der Waals surface area contributed by atoms with E-state index in [1.54, 1.807) is 30.0 Å². The number of carbonyl (C=O) groups is 3. The van der Waals surface area contributed by atoms with E-state index in [0.29, 0.717) is 28.6 Å². The van der Waals surface area contributed by atoms with Gasteiger partial charge in [0.1, 0.15) is 5.41 Å². The van der Waals surface area contributed by atoms with Crippen LogP contribution in [0.4, 0.5) is 0 Å². The fourth-order valence-corrected chi connectivity index (χ4v) is 5.86. The maximum atomic E-state index is 13.7. The number of halogens is 2. The van der Waals surface area contributed by atoms with Gasteiger partial charge in [0.05, 0.1) is 13.2 Å². The summed E-state index contributed by atoms with van der Waals surface area (Å²) < 4.78 is 5.51. The first-order chi connectivity index (χ1) is 15.9. The smallest absolute Gasteiger partial charge is 0.318 e. The molecule has 4 rings (SSSR count). The summed E-state index contributed by atoms with van der Waals surface area (Å²) in [5.74, 6) is -1.04. The van der Waals surface area contributed by atoms with E-state index in [4.69, 9.17) is 27.9 Å². The van der Waals surface area contributed by atoms with Gasteiger partial charge < -0.3 is 14.5 Å². The molecule has 178 valence electrons. The van der Waals surface area contributed by atoms with Gasteiger partial charge in [0.25, 0.3) is 0 Å². The van der Waals surface area contributed by atoms with Gasteiger partial charge in [0.2, 0.25) is 11.8 Å². The summed E-state index contributed by atoms with van der Waals surface area (Å²) in [4.78, 5) is 43.5. The Morgan fingerprint density at radius 1 is 1.18 bits per heavy atom. The molecule has 0 spiro atoms. The van der Waals surface area contributed by atoms with Gasteiger partial charge in [-0.05, 0) is 63.1 Å². The normalized spacial score (nSPS) is 25.0. The quantitative estimate of drug-likeness (QED) is 0.525. The third kappa shape index (κ3) is 4.78. The molecule has 1 aromatic rings. The molecule has 0 saturated carbocycles. The van der Waals surface area contributed by atoms with Gasteiger partial charge in [0, 0.05) is 41.2 Å². The number of carbonyl (C=O) groups excluding carboxylic acids is 3. The Balaban J connectivity index is 1.70. The van der Waals surface area contributed by atoms with Gasteiger partial charge in [-0.25, -0.2) is 0 Å². The van der Waals surface area contributed by atoms with Gasteiger partial charge in [-0.15, -0.1) is 0 Å². The van der Waals surface area contributed by atoms with E-state index in [1.807, 2.05) is 11.0 Å². The van der Waals surface area contributed by atoms with Crippen LogP contribution in [0.5, 0.6) is 0 Å². The van der Waals surface area contributed by atoms with Crippen molar-refractivity contribution in [2.45, 2.75) is 58.4 Å². The van der Waals surface area contributed by atoms with Crippen molar-refractivity contribution in [3.05, 3.63) is 45.6 Å². The Bertz CT molecular complexity index is 973. The second-order valence-electron chi connectivity index (χ2n) is 9.14. The van der Waals surface area contributed by atoms with Crippen LogP contribution >= 0.6 is 23.2 Å².